The summed E-state index contributed by atoms with van der Waals surface area (Å²) < 4.78 is 28.9. The molecule has 1 atom stereocenters. The molecule has 0 saturated heterocycles. The van der Waals surface area contributed by atoms with Crippen LogP contribution in [0.5, 0.6) is 0 Å². The predicted molar refractivity (Wildman–Crippen MR) is 162 cm³/mol. The van der Waals surface area contributed by atoms with Crippen LogP contribution >= 0.6 is 11.6 Å². The molecule has 0 unspecified atom stereocenters. The number of nitrogens with zero attached hydrogens (tertiary/aromatic N) is 2. The van der Waals surface area contributed by atoms with Gasteiger partial charge in [0.05, 0.1) is 10.6 Å². The van der Waals surface area contributed by atoms with Crippen molar-refractivity contribution in [2.75, 3.05) is 17.9 Å². The van der Waals surface area contributed by atoms with Gasteiger partial charge in [0.15, 0.2) is 0 Å². The maximum Gasteiger partial charge on any atom is 0.264 e. The van der Waals surface area contributed by atoms with E-state index >= 15 is 0 Å². The van der Waals surface area contributed by atoms with Crippen molar-refractivity contribution in [1.82, 2.24) is 10.2 Å². The van der Waals surface area contributed by atoms with E-state index in [4.69, 9.17) is 11.6 Å². The van der Waals surface area contributed by atoms with E-state index in [1.807, 2.05) is 37.3 Å². The third-order valence-corrected chi connectivity index (χ3v) is 8.90. The highest BCUT2D eigenvalue weighted by atomic mass is 35.5. The van der Waals surface area contributed by atoms with Gasteiger partial charge in [0, 0.05) is 25.0 Å². The first-order valence-corrected chi connectivity index (χ1v) is 15.0. The molecule has 0 aliphatic rings. The molecule has 4 rings (SSSR count). The highest BCUT2D eigenvalue weighted by molar-refractivity contribution is 7.92. The number of rotatable bonds is 11. The fourth-order valence-electron chi connectivity index (χ4n) is 4.49. The maximum atomic E-state index is 14.2. The molecule has 0 aliphatic heterocycles. The van der Waals surface area contributed by atoms with Gasteiger partial charge in [-0.25, -0.2) is 8.42 Å². The van der Waals surface area contributed by atoms with E-state index in [1.54, 1.807) is 66.7 Å². The molecule has 0 saturated carbocycles. The van der Waals surface area contributed by atoms with Crippen LogP contribution in [0.4, 0.5) is 5.69 Å². The van der Waals surface area contributed by atoms with Crippen LogP contribution in [-0.4, -0.2) is 44.8 Å². The molecule has 4 aromatic carbocycles. The minimum atomic E-state index is -4.13. The second-order valence-corrected chi connectivity index (χ2v) is 11.9. The Kier molecular flexibility index (Phi) is 9.81. The van der Waals surface area contributed by atoms with E-state index in [-0.39, 0.29) is 23.8 Å². The van der Waals surface area contributed by atoms with Crippen molar-refractivity contribution in [3.63, 3.8) is 0 Å². The molecule has 1 N–H and O–H groups in total. The van der Waals surface area contributed by atoms with Gasteiger partial charge in [-0.2, -0.15) is 0 Å². The Morgan fingerprint density at radius 3 is 2.02 bits per heavy atom. The van der Waals surface area contributed by atoms with Crippen LogP contribution in [0.1, 0.15) is 16.7 Å². The van der Waals surface area contributed by atoms with Crippen molar-refractivity contribution >= 4 is 39.1 Å². The molecule has 0 bridgehead atoms. The smallest absolute Gasteiger partial charge is 0.264 e. The molecule has 0 heterocycles. The van der Waals surface area contributed by atoms with Gasteiger partial charge >= 0.3 is 0 Å². The third-order valence-electron chi connectivity index (χ3n) is 6.75. The summed E-state index contributed by atoms with van der Waals surface area (Å²) >= 11 is 6.48. The largest absolute Gasteiger partial charge is 0.357 e. The number of benzene rings is 4. The number of halogens is 1. The first kappa shape index (κ1) is 29.8. The number of anilines is 1. The van der Waals surface area contributed by atoms with Crippen LogP contribution in [0, 0.1) is 6.92 Å². The normalized spacial score (nSPS) is 11.9. The van der Waals surface area contributed by atoms with Crippen molar-refractivity contribution in [2.24, 2.45) is 0 Å². The van der Waals surface area contributed by atoms with Gasteiger partial charge in [-0.3, -0.25) is 13.9 Å². The first-order chi connectivity index (χ1) is 19.7. The van der Waals surface area contributed by atoms with Crippen LogP contribution in [0.3, 0.4) is 0 Å². The molecule has 0 aliphatic carbocycles. The summed E-state index contributed by atoms with van der Waals surface area (Å²) in [6, 6.07) is 30.4. The summed E-state index contributed by atoms with van der Waals surface area (Å²) in [5.74, 6) is -0.920. The SMILES string of the molecule is CNC(=O)[C@@H](Cc1ccccc1)N(Cc1ccccc1Cl)C(=O)CN(c1ccc(C)cc1)S(=O)(=O)c1ccccc1. The summed E-state index contributed by atoms with van der Waals surface area (Å²) in [6.45, 7) is 1.39. The number of nitrogens with one attached hydrogen (secondary N) is 1. The van der Waals surface area contributed by atoms with E-state index in [0.29, 0.717) is 16.3 Å². The number of amides is 2. The molecule has 4 aromatic rings. The molecule has 0 aromatic heterocycles. The average Bonchev–Trinajstić information content (AvgIpc) is 2.99. The first-order valence-electron chi connectivity index (χ1n) is 13.1. The lowest BCUT2D eigenvalue weighted by molar-refractivity contribution is -0.139. The van der Waals surface area contributed by atoms with Crippen LogP contribution in [0.25, 0.3) is 0 Å². The van der Waals surface area contributed by atoms with Crippen molar-refractivity contribution in [3.8, 4) is 0 Å². The monoisotopic (exact) mass is 589 g/mol. The van der Waals surface area contributed by atoms with Gasteiger partial charge in [0.25, 0.3) is 10.0 Å². The number of carbonyl (C=O) groups excluding carboxylic acids is 2. The molecule has 212 valence electrons. The number of aryl methyl sites for hydroxylation is 1. The minimum Gasteiger partial charge on any atom is -0.357 e. The zero-order valence-electron chi connectivity index (χ0n) is 22.9. The third kappa shape index (κ3) is 7.34. The Bertz CT molecular complexity index is 1580. The summed E-state index contributed by atoms with van der Waals surface area (Å²) in [4.78, 5) is 29.0. The Hall–Kier alpha value is -4.14. The lowest BCUT2D eigenvalue weighted by Crippen LogP contribution is -2.53. The number of likely N-dealkylation sites (N-methyl/N-ethyl adjacent to an activating group) is 1. The average molecular weight is 590 g/mol. The molecule has 41 heavy (non-hydrogen) atoms. The molecular weight excluding hydrogens is 558 g/mol. The fraction of sp³-hybridized carbons (Fsp3) is 0.188. The number of sulfonamides is 1. The zero-order chi connectivity index (χ0) is 29.4. The van der Waals surface area contributed by atoms with Crippen molar-refractivity contribution in [2.45, 2.75) is 30.8 Å². The number of hydrogen-bond acceptors (Lipinski definition) is 4. The van der Waals surface area contributed by atoms with Gasteiger partial charge in [-0.1, -0.05) is 96.0 Å². The fourth-order valence-corrected chi connectivity index (χ4v) is 6.12. The van der Waals surface area contributed by atoms with Gasteiger partial charge in [0.1, 0.15) is 12.6 Å². The number of carbonyl (C=O) groups is 2. The van der Waals surface area contributed by atoms with Crippen molar-refractivity contribution in [1.29, 1.82) is 0 Å². The molecule has 2 amide bonds. The molecule has 9 heteroatoms. The van der Waals surface area contributed by atoms with Crippen molar-refractivity contribution in [3.05, 3.63) is 131 Å². The van der Waals surface area contributed by atoms with Crippen molar-refractivity contribution < 1.29 is 18.0 Å². The second kappa shape index (κ2) is 13.5. The van der Waals surface area contributed by atoms with Crippen LogP contribution in [-0.2, 0) is 32.6 Å². The quantitative estimate of drug-likeness (QED) is 0.260. The Morgan fingerprint density at radius 2 is 1.41 bits per heavy atom. The van der Waals surface area contributed by atoms with Gasteiger partial charge in [-0.05, 0) is 48.4 Å². The molecule has 0 fully saturated rings. The Labute approximate surface area is 246 Å². The topological polar surface area (TPSA) is 86.8 Å². The van der Waals surface area contributed by atoms with E-state index in [0.717, 1.165) is 15.4 Å². The van der Waals surface area contributed by atoms with Gasteiger partial charge in [-0.15, -0.1) is 0 Å². The van der Waals surface area contributed by atoms with Crippen LogP contribution < -0.4 is 9.62 Å². The maximum absolute atomic E-state index is 14.2. The second-order valence-electron chi connectivity index (χ2n) is 9.59. The number of hydrogen-bond donors (Lipinski definition) is 1. The lowest BCUT2D eigenvalue weighted by Gasteiger charge is -2.33. The Balaban J connectivity index is 1.78. The molecule has 0 spiro atoms. The van der Waals surface area contributed by atoms with Crippen LogP contribution in [0.2, 0.25) is 5.02 Å². The molecule has 7 nitrogen and oxygen atoms in total. The predicted octanol–water partition coefficient (Wildman–Crippen LogP) is 5.23. The van der Waals surface area contributed by atoms with Gasteiger partial charge < -0.3 is 10.2 Å². The summed E-state index contributed by atoms with van der Waals surface area (Å²) in [6.07, 6.45) is 0.229. The Morgan fingerprint density at radius 1 is 0.829 bits per heavy atom. The highest BCUT2D eigenvalue weighted by Gasteiger charge is 2.34. The van der Waals surface area contributed by atoms with E-state index in [9.17, 15) is 18.0 Å². The molecular formula is C32H32ClN3O4S. The van der Waals surface area contributed by atoms with E-state index < -0.39 is 28.5 Å². The van der Waals surface area contributed by atoms with Crippen LogP contribution in [0.15, 0.2) is 114 Å². The summed E-state index contributed by atoms with van der Waals surface area (Å²) in [5, 5.41) is 3.11. The standard InChI is InChI=1S/C32H32ClN3O4S/c1-24-17-19-27(20-18-24)36(41(39,40)28-14-7-4-8-15-28)23-31(37)35(22-26-13-9-10-16-29(26)33)30(32(38)34-2)21-25-11-5-3-6-12-25/h3-20,30H,21-23H2,1-2H3,(H,34,38)/t30-/m1/s1. The van der Waals surface area contributed by atoms with Gasteiger partial charge in [0.2, 0.25) is 11.8 Å². The van der Waals surface area contributed by atoms with E-state index in [2.05, 4.69) is 5.32 Å². The highest BCUT2D eigenvalue weighted by Crippen LogP contribution is 2.26. The lowest BCUT2D eigenvalue weighted by atomic mass is 10.0. The molecule has 0 radical (unpaired) electrons. The zero-order valence-corrected chi connectivity index (χ0v) is 24.5. The van der Waals surface area contributed by atoms with E-state index in [1.165, 1.54) is 24.1 Å². The minimum absolute atomic E-state index is 0.0105. The summed E-state index contributed by atoms with van der Waals surface area (Å²) in [5.41, 5.74) is 2.77. The summed E-state index contributed by atoms with van der Waals surface area (Å²) in [7, 11) is -2.62.